The summed E-state index contributed by atoms with van der Waals surface area (Å²) in [6, 6.07) is 6.79. The highest BCUT2D eigenvalue weighted by molar-refractivity contribution is 6.00. The van der Waals surface area contributed by atoms with Crippen molar-refractivity contribution in [2.24, 2.45) is 5.16 Å². The molecule has 1 aromatic rings. The SMILES string of the molecule is CCC(C)NCC/C(=N/OC)c1ccc(F)cc1. The zero-order valence-corrected chi connectivity index (χ0v) is 11.2. The topological polar surface area (TPSA) is 33.6 Å². The van der Waals surface area contributed by atoms with E-state index in [9.17, 15) is 4.39 Å². The van der Waals surface area contributed by atoms with Gasteiger partial charge in [-0.3, -0.25) is 0 Å². The molecule has 1 unspecified atom stereocenters. The van der Waals surface area contributed by atoms with Crippen molar-refractivity contribution >= 4 is 5.71 Å². The van der Waals surface area contributed by atoms with E-state index in [1.165, 1.54) is 19.2 Å². The second-order valence-corrected chi connectivity index (χ2v) is 4.24. The van der Waals surface area contributed by atoms with Crippen LogP contribution in [0, 0.1) is 5.82 Å². The molecule has 18 heavy (non-hydrogen) atoms. The first-order valence-electron chi connectivity index (χ1n) is 6.26. The Labute approximate surface area is 108 Å². The van der Waals surface area contributed by atoms with E-state index in [1.54, 1.807) is 12.1 Å². The smallest absolute Gasteiger partial charge is 0.123 e. The van der Waals surface area contributed by atoms with Crippen molar-refractivity contribution in [1.82, 2.24) is 5.32 Å². The van der Waals surface area contributed by atoms with E-state index in [-0.39, 0.29) is 5.82 Å². The molecular weight excluding hydrogens is 231 g/mol. The first-order chi connectivity index (χ1) is 8.67. The van der Waals surface area contributed by atoms with E-state index in [1.807, 2.05) is 0 Å². The van der Waals surface area contributed by atoms with Crippen molar-refractivity contribution in [3.8, 4) is 0 Å². The third-order valence-electron chi connectivity index (χ3n) is 2.85. The van der Waals surface area contributed by atoms with Crippen molar-refractivity contribution in [1.29, 1.82) is 0 Å². The summed E-state index contributed by atoms with van der Waals surface area (Å²) in [5, 5.41) is 7.39. The van der Waals surface area contributed by atoms with Gasteiger partial charge in [-0.25, -0.2) is 4.39 Å². The van der Waals surface area contributed by atoms with Crippen LogP contribution in [0.3, 0.4) is 0 Å². The van der Waals surface area contributed by atoms with E-state index < -0.39 is 0 Å². The number of hydrogen-bond acceptors (Lipinski definition) is 3. The van der Waals surface area contributed by atoms with Crippen LogP contribution in [0.25, 0.3) is 0 Å². The summed E-state index contributed by atoms with van der Waals surface area (Å²) in [5.74, 6) is -0.242. The first-order valence-corrected chi connectivity index (χ1v) is 6.26. The predicted molar refractivity (Wildman–Crippen MR) is 72.3 cm³/mol. The minimum absolute atomic E-state index is 0.242. The lowest BCUT2D eigenvalue weighted by Gasteiger charge is -2.12. The fourth-order valence-electron chi connectivity index (χ4n) is 1.58. The van der Waals surface area contributed by atoms with Crippen LogP contribution in [0.15, 0.2) is 29.4 Å². The molecule has 0 saturated heterocycles. The zero-order chi connectivity index (χ0) is 13.4. The van der Waals surface area contributed by atoms with Gasteiger partial charge in [0.2, 0.25) is 0 Å². The van der Waals surface area contributed by atoms with Crippen LogP contribution < -0.4 is 5.32 Å². The molecule has 0 amide bonds. The summed E-state index contributed by atoms with van der Waals surface area (Å²) >= 11 is 0. The maximum atomic E-state index is 12.9. The Balaban J connectivity index is 2.61. The molecule has 0 heterocycles. The van der Waals surface area contributed by atoms with Crippen LogP contribution in [-0.4, -0.2) is 25.4 Å². The van der Waals surface area contributed by atoms with Crippen LogP contribution in [0.4, 0.5) is 4.39 Å². The van der Waals surface area contributed by atoms with Crippen LogP contribution in [0.5, 0.6) is 0 Å². The lowest BCUT2D eigenvalue weighted by molar-refractivity contribution is 0.212. The fraction of sp³-hybridized carbons (Fsp3) is 0.500. The summed E-state index contributed by atoms with van der Waals surface area (Å²) in [5.41, 5.74) is 1.72. The Morgan fingerprint density at radius 1 is 1.39 bits per heavy atom. The van der Waals surface area contributed by atoms with Gasteiger partial charge in [-0.05, 0) is 31.0 Å². The van der Waals surface area contributed by atoms with Crippen molar-refractivity contribution < 1.29 is 9.23 Å². The first kappa shape index (κ1) is 14.6. The van der Waals surface area contributed by atoms with E-state index in [4.69, 9.17) is 4.84 Å². The minimum Gasteiger partial charge on any atom is -0.399 e. The standard InChI is InChI=1S/C14H21FN2O/c1-4-11(2)16-10-9-14(17-18-3)12-5-7-13(15)8-6-12/h5-8,11,16H,4,9-10H2,1-3H3/b17-14-. The van der Waals surface area contributed by atoms with Crippen molar-refractivity contribution in [3.05, 3.63) is 35.6 Å². The van der Waals surface area contributed by atoms with Gasteiger partial charge in [0, 0.05) is 19.0 Å². The molecule has 0 aliphatic rings. The van der Waals surface area contributed by atoms with Gasteiger partial charge in [-0.2, -0.15) is 0 Å². The average Bonchev–Trinajstić information content (AvgIpc) is 2.38. The van der Waals surface area contributed by atoms with E-state index in [0.29, 0.717) is 6.04 Å². The van der Waals surface area contributed by atoms with Gasteiger partial charge in [-0.1, -0.05) is 24.2 Å². The number of oxime groups is 1. The molecular formula is C14H21FN2O. The highest BCUT2D eigenvalue weighted by Gasteiger charge is 2.06. The highest BCUT2D eigenvalue weighted by Crippen LogP contribution is 2.07. The molecule has 3 nitrogen and oxygen atoms in total. The monoisotopic (exact) mass is 252 g/mol. The molecule has 1 atom stereocenters. The number of halogens is 1. The Morgan fingerprint density at radius 2 is 2.06 bits per heavy atom. The second kappa shape index (κ2) is 7.82. The Hall–Kier alpha value is -1.42. The third-order valence-corrected chi connectivity index (χ3v) is 2.85. The van der Waals surface area contributed by atoms with E-state index in [2.05, 4.69) is 24.3 Å². The second-order valence-electron chi connectivity index (χ2n) is 4.24. The van der Waals surface area contributed by atoms with Gasteiger partial charge >= 0.3 is 0 Å². The zero-order valence-electron chi connectivity index (χ0n) is 11.2. The average molecular weight is 252 g/mol. The number of nitrogens with zero attached hydrogens (tertiary/aromatic N) is 1. The van der Waals surface area contributed by atoms with Gasteiger partial charge in [-0.15, -0.1) is 0 Å². The van der Waals surface area contributed by atoms with Crippen LogP contribution in [-0.2, 0) is 4.84 Å². The molecule has 0 radical (unpaired) electrons. The molecule has 1 rings (SSSR count). The maximum absolute atomic E-state index is 12.9. The highest BCUT2D eigenvalue weighted by atomic mass is 19.1. The molecule has 4 heteroatoms. The van der Waals surface area contributed by atoms with E-state index >= 15 is 0 Å². The quantitative estimate of drug-likeness (QED) is 0.598. The van der Waals surface area contributed by atoms with E-state index in [0.717, 1.165) is 30.7 Å². The molecule has 1 aromatic carbocycles. The largest absolute Gasteiger partial charge is 0.399 e. The molecule has 0 aliphatic heterocycles. The molecule has 1 N–H and O–H groups in total. The Morgan fingerprint density at radius 3 is 2.61 bits per heavy atom. The summed E-state index contributed by atoms with van der Waals surface area (Å²) in [7, 11) is 1.52. The molecule has 0 saturated carbocycles. The predicted octanol–water partition coefficient (Wildman–Crippen LogP) is 2.95. The fourth-order valence-corrected chi connectivity index (χ4v) is 1.58. The lowest BCUT2D eigenvalue weighted by atomic mass is 10.1. The van der Waals surface area contributed by atoms with Gasteiger partial charge in [0.05, 0.1) is 5.71 Å². The normalized spacial score (nSPS) is 13.4. The van der Waals surface area contributed by atoms with Gasteiger partial charge in [0.25, 0.3) is 0 Å². The van der Waals surface area contributed by atoms with Crippen LogP contribution in [0.1, 0.15) is 32.3 Å². The Bertz CT molecular complexity index is 376. The maximum Gasteiger partial charge on any atom is 0.123 e. The minimum atomic E-state index is -0.242. The molecule has 0 aliphatic carbocycles. The summed E-state index contributed by atoms with van der Waals surface area (Å²) in [6.45, 7) is 5.11. The molecule has 0 spiro atoms. The molecule has 100 valence electrons. The van der Waals surface area contributed by atoms with Gasteiger partial charge < -0.3 is 10.2 Å². The molecule has 0 bridgehead atoms. The summed E-state index contributed by atoms with van der Waals surface area (Å²) in [4.78, 5) is 4.84. The molecule has 0 aromatic heterocycles. The van der Waals surface area contributed by atoms with Crippen molar-refractivity contribution in [2.75, 3.05) is 13.7 Å². The van der Waals surface area contributed by atoms with Crippen LogP contribution in [0.2, 0.25) is 0 Å². The number of hydrogen-bond donors (Lipinski definition) is 1. The Kier molecular flexibility index (Phi) is 6.36. The third kappa shape index (κ3) is 4.84. The van der Waals surface area contributed by atoms with Gasteiger partial charge in [0.1, 0.15) is 12.9 Å². The number of benzene rings is 1. The molecule has 0 fully saturated rings. The number of nitrogens with one attached hydrogen (secondary N) is 1. The van der Waals surface area contributed by atoms with Crippen molar-refractivity contribution in [2.45, 2.75) is 32.7 Å². The van der Waals surface area contributed by atoms with Gasteiger partial charge in [0.15, 0.2) is 0 Å². The summed E-state index contributed by atoms with van der Waals surface area (Å²) < 4.78 is 12.9. The van der Waals surface area contributed by atoms with Crippen LogP contribution >= 0.6 is 0 Å². The lowest BCUT2D eigenvalue weighted by Crippen LogP contribution is -2.27. The summed E-state index contributed by atoms with van der Waals surface area (Å²) in [6.07, 6.45) is 1.84. The van der Waals surface area contributed by atoms with Crippen molar-refractivity contribution in [3.63, 3.8) is 0 Å². The number of rotatable bonds is 7.